The van der Waals surface area contributed by atoms with Crippen LogP contribution >= 0.6 is 11.8 Å². The van der Waals surface area contributed by atoms with Gasteiger partial charge in [-0.3, -0.25) is 4.79 Å². The first-order valence-electron chi connectivity index (χ1n) is 11.3. The van der Waals surface area contributed by atoms with Crippen LogP contribution in [0.25, 0.3) is 10.9 Å². The summed E-state index contributed by atoms with van der Waals surface area (Å²) in [5, 5.41) is 1.30. The summed E-state index contributed by atoms with van der Waals surface area (Å²) in [5.74, 6) is 1.06. The van der Waals surface area contributed by atoms with Crippen LogP contribution in [0.5, 0.6) is 0 Å². The molecule has 2 aliphatic rings. The van der Waals surface area contributed by atoms with Crippen molar-refractivity contribution in [2.24, 2.45) is 5.92 Å². The van der Waals surface area contributed by atoms with E-state index in [1.807, 2.05) is 0 Å². The molecule has 156 valence electrons. The summed E-state index contributed by atoms with van der Waals surface area (Å²) in [5.41, 5.74) is 4.96. The van der Waals surface area contributed by atoms with Gasteiger partial charge < -0.3 is 9.88 Å². The third-order valence-electron chi connectivity index (χ3n) is 7.03. The highest BCUT2D eigenvalue weighted by atomic mass is 32.2. The molecule has 1 amide bonds. The number of rotatable bonds is 5. The molecule has 0 radical (unpaired) electrons. The number of hydrogen-bond donors (Lipinski definition) is 1. The molecule has 30 heavy (non-hydrogen) atoms. The SMILES string of the molecule is CSc1ccc(C2c3[nH]c4ccccc4c3CCN2C(=O)CCC2CCCC2)cc1. The number of thioether (sulfide) groups is 1. The predicted octanol–water partition coefficient (Wildman–Crippen LogP) is 6.33. The van der Waals surface area contributed by atoms with Gasteiger partial charge in [-0.25, -0.2) is 0 Å². The minimum atomic E-state index is -0.0202. The van der Waals surface area contributed by atoms with Crippen molar-refractivity contribution in [2.45, 2.75) is 55.9 Å². The third kappa shape index (κ3) is 3.66. The molecule has 1 aliphatic heterocycles. The van der Waals surface area contributed by atoms with Gasteiger partial charge in [0.05, 0.1) is 6.04 Å². The van der Waals surface area contributed by atoms with Crippen molar-refractivity contribution in [3.8, 4) is 0 Å². The number of benzene rings is 2. The van der Waals surface area contributed by atoms with Crippen LogP contribution in [0, 0.1) is 5.92 Å². The molecule has 5 rings (SSSR count). The lowest BCUT2D eigenvalue weighted by Gasteiger charge is -2.36. The van der Waals surface area contributed by atoms with E-state index in [0.717, 1.165) is 25.3 Å². The molecule has 3 nitrogen and oxygen atoms in total. The van der Waals surface area contributed by atoms with E-state index in [2.05, 4.69) is 64.7 Å². The van der Waals surface area contributed by atoms with Gasteiger partial charge in [0.15, 0.2) is 0 Å². The molecule has 2 aromatic carbocycles. The molecule has 3 aromatic rings. The van der Waals surface area contributed by atoms with Crippen LogP contribution in [-0.2, 0) is 11.2 Å². The quantitative estimate of drug-likeness (QED) is 0.491. The molecule has 0 saturated heterocycles. The molecule has 4 heteroatoms. The molecule has 1 aliphatic carbocycles. The van der Waals surface area contributed by atoms with Crippen LogP contribution in [0.15, 0.2) is 53.4 Å². The maximum Gasteiger partial charge on any atom is 0.223 e. The molecule has 2 heterocycles. The smallest absolute Gasteiger partial charge is 0.223 e. The lowest BCUT2D eigenvalue weighted by Crippen LogP contribution is -2.40. The summed E-state index contributed by atoms with van der Waals surface area (Å²) < 4.78 is 0. The molecule has 1 aromatic heterocycles. The van der Waals surface area contributed by atoms with Crippen LogP contribution in [0.2, 0.25) is 0 Å². The van der Waals surface area contributed by atoms with Crippen molar-refractivity contribution in [3.05, 3.63) is 65.4 Å². The highest BCUT2D eigenvalue weighted by Gasteiger charge is 2.34. The summed E-state index contributed by atoms with van der Waals surface area (Å²) >= 11 is 1.75. The lowest BCUT2D eigenvalue weighted by atomic mass is 9.91. The minimum Gasteiger partial charge on any atom is -0.356 e. The highest BCUT2D eigenvalue weighted by molar-refractivity contribution is 7.98. The number of para-hydroxylation sites is 1. The van der Waals surface area contributed by atoms with Gasteiger partial charge in [-0.2, -0.15) is 0 Å². The second kappa shape index (κ2) is 8.50. The van der Waals surface area contributed by atoms with E-state index in [1.54, 1.807) is 11.8 Å². The van der Waals surface area contributed by atoms with E-state index < -0.39 is 0 Å². The third-order valence-corrected chi connectivity index (χ3v) is 7.77. The van der Waals surface area contributed by atoms with E-state index in [0.29, 0.717) is 12.3 Å². The summed E-state index contributed by atoms with van der Waals surface area (Å²) in [4.78, 5) is 20.5. The van der Waals surface area contributed by atoms with Gasteiger partial charge in [0.25, 0.3) is 0 Å². The molecular formula is C26H30N2OS. The first kappa shape index (κ1) is 19.7. The van der Waals surface area contributed by atoms with Crippen LogP contribution in [0.3, 0.4) is 0 Å². The highest BCUT2D eigenvalue weighted by Crippen LogP contribution is 2.39. The Morgan fingerprint density at radius 3 is 2.63 bits per heavy atom. The molecule has 0 bridgehead atoms. The van der Waals surface area contributed by atoms with Crippen molar-refractivity contribution in [2.75, 3.05) is 12.8 Å². The fraction of sp³-hybridized carbons (Fsp3) is 0.423. The number of amides is 1. The van der Waals surface area contributed by atoms with Crippen LogP contribution in [0.4, 0.5) is 0 Å². The van der Waals surface area contributed by atoms with Crippen molar-refractivity contribution < 1.29 is 4.79 Å². The van der Waals surface area contributed by atoms with E-state index in [-0.39, 0.29) is 6.04 Å². The maximum atomic E-state index is 13.4. The standard InChI is InChI=1S/C26H30N2OS/c1-30-20-13-11-19(12-14-20)26-25-22(21-8-4-5-9-23(21)27-25)16-17-28(26)24(29)15-10-18-6-2-3-7-18/h4-5,8-9,11-14,18,26-27H,2-3,6-7,10,15-17H2,1H3. The Balaban J connectivity index is 1.49. The van der Waals surface area contributed by atoms with E-state index in [1.165, 1.54) is 58.3 Å². The number of fused-ring (bicyclic) bond motifs is 3. The van der Waals surface area contributed by atoms with Gasteiger partial charge >= 0.3 is 0 Å². The second-order valence-corrected chi connectivity index (χ2v) is 9.64. The molecule has 1 unspecified atom stereocenters. The maximum absolute atomic E-state index is 13.4. The topological polar surface area (TPSA) is 36.1 Å². The summed E-state index contributed by atoms with van der Waals surface area (Å²) in [6.45, 7) is 0.799. The number of nitrogens with zero attached hydrogens (tertiary/aromatic N) is 1. The first-order valence-corrected chi connectivity index (χ1v) is 12.5. The Morgan fingerprint density at radius 2 is 1.87 bits per heavy atom. The largest absolute Gasteiger partial charge is 0.356 e. The first-order chi connectivity index (χ1) is 14.7. The average Bonchev–Trinajstić information content (AvgIpc) is 3.44. The Morgan fingerprint density at radius 1 is 1.10 bits per heavy atom. The van der Waals surface area contributed by atoms with Crippen LogP contribution < -0.4 is 0 Å². The van der Waals surface area contributed by atoms with Crippen LogP contribution in [-0.4, -0.2) is 28.6 Å². The molecule has 1 fully saturated rings. The van der Waals surface area contributed by atoms with Gasteiger partial charge in [-0.05, 0) is 54.3 Å². The van der Waals surface area contributed by atoms with Crippen molar-refractivity contribution >= 4 is 28.6 Å². The summed E-state index contributed by atoms with van der Waals surface area (Å²) in [6, 6.07) is 17.3. The van der Waals surface area contributed by atoms with Crippen LogP contribution in [0.1, 0.15) is 61.4 Å². The van der Waals surface area contributed by atoms with E-state index in [4.69, 9.17) is 0 Å². The molecular weight excluding hydrogens is 388 g/mol. The van der Waals surface area contributed by atoms with Crippen molar-refractivity contribution in [3.63, 3.8) is 0 Å². The molecule has 1 N–H and O–H groups in total. The Hall–Kier alpha value is -2.20. The fourth-order valence-electron chi connectivity index (χ4n) is 5.41. The number of aromatic amines is 1. The zero-order valence-corrected chi connectivity index (χ0v) is 18.5. The number of hydrogen-bond acceptors (Lipinski definition) is 2. The number of nitrogens with one attached hydrogen (secondary N) is 1. The monoisotopic (exact) mass is 418 g/mol. The van der Waals surface area contributed by atoms with Crippen molar-refractivity contribution in [1.82, 2.24) is 9.88 Å². The lowest BCUT2D eigenvalue weighted by molar-refractivity contribution is -0.133. The van der Waals surface area contributed by atoms with Gasteiger partial charge in [-0.1, -0.05) is 56.0 Å². The van der Waals surface area contributed by atoms with Crippen molar-refractivity contribution in [1.29, 1.82) is 0 Å². The number of carbonyl (C=O) groups excluding carboxylic acids is 1. The Kier molecular flexibility index (Phi) is 5.60. The van der Waals surface area contributed by atoms with E-state index in [9.17, 15) is 4.79 Å². The second-order valence-electron chi connectivity index (χ2n) is 8.76. The predicted molar refractivity (Wildman–Crippen MR) is 125 cm³/mol. The summed E-state index contributed by atoms with van der Waals surface area (Å²) in [6.07, 6.45) is 10.0. The van der Waals surface area contributed by atoms with Gasteiger partial charge in [0.2, 0.25) is 5.91 Å². The average molecular weight is 419 g/mol. The minimum absolute atomic E-state index is 0.0202. The fourth-order valence-corrected chi connectivity index (χ4v) is 5.82. The Labute approximate surface area is 183 Å². The number of H-pyrrole nitrogens is 1. The number of carbonyl (C=O) groups is 1. The zero-order valence-electron chi connectivity index (χ0n) is 17.7. The van der Waals surface area contributed by atoms with E-state index >= 15 is 0 Å². The zero-order chi connectivity index (χ0) is 20.5. The normalized spacial score (nSPS) is 19.4. The summed E-state index contributed by atoms with van der Waals surface area (Å²) in [7, 11) is 0. The Bertz CT molecular complexity index is 1030. The molecule has 1 saturated carbocycles. The molecule has 0 spiro atoms. The molecule has 1 atom stereocenters. The van der Waals surface area contributed by atoms with Gasteiger partial charge in [0.1, 0.15) is 0 Å². The number of aromatic nitrogens is 1. The van der Waals surface area contributed by atoms with Gasteiger partial charge in [0, 0.05) is 34.5 Å². The van der Waals surface area contributed by atoms with Gasteiger partial charge in [-0.15, -0.1) is 11.8 Å².